The summed E-state index contributed by atoms with van der Waals surface area (Å²) in [5, 5.41) is 0. The van der Waals surface area contributed by atoms with E-state index in [1.54, 1.807) is 6.07 Å². The average molecular weight is 420 g/mol. The van der Waals surface area contributed by atoms with Crippen molar-refractivity contribution in [2.45, 2.75) is 58.8 Å². The number of piperidine rings is 1. The number of carbonyl (C=O) groups excluding carboxylic acids is 2. The van der Waals surface area contributed by atoms with Crippen molar-refractivity contribution in [1.29, 1.82) is 0 Å². The van der Waals surface area contributed by atoms with Crippen molar-refractivity contribution in [1.82, 2.24) is 4.90 Å². The van der Waals surface area contributed by atoms with Crippen LogP contribution in [0.1, 0.15) is 69.2 Å². The highest BCUT2D eigenvalue weighted by atomic mass is 19.1. The number of rotatable bonds is 8. The van der Waals surface area contributed by atoms with Gasteiger partial charge in [-0.2, -0.15) is 0 Å². The molecule has 0 atom stereocenters. The number of amides is 1. The maximum atomic E-state index is 13.9. The Kier molecular flexibility index (Phi) is 7.37. The summed E-state index contributed by atoms with van der Waals surface area (Å²) in [6.07, 6.45) is 7.47. The lowest BCUT2D eigenvalue weighted by atomic mass is 9.56. The molecule has 0 N–H and O–H groups in total. The van der Waals surface area contributed by atoms with Gasteiger partial charge in [0.15, 0.2) is 0 Å². The van der Waals surface area contributed by atoms with Gasteiger partial charge in [0.05, 0.1) is 19.3 Å². The van der Waals surface area contributed by atoms with Crippen LogP contribution in [0, 0.1) is 23.1 Å². The molecule has 1 aromatic carbocycles. The van der Waals surface area contributed by atoms with Crippen LogP contribution in [0.3, 0.4) is 0 Å². The predicted molar refractivity (Wildman–Crippen MR) is 113 cm³/mol. The Bertz CT molecular complexity index is 748. The molecule has 1 saturated carbocycles. The summed E-state index contributed by atoms with van der Waals surface area (Å²) in [7, 11) is 1.23. The molecule has 1 saturated heterocycles. The minimum absolute atomic E-state index is 0.0819. The predicted octanol–water partition coefficient (Wildman–Crippen LogP) is 4.84. The molecule has 2 fully saturated rings. The van der Waals surface area contributed by atoms with Crippen molar-refractivity contribution in [3.05, 3.63) is 29.6 Å². The van der Waals surface area contributed by atoms with Crippen LogP contribution in [-0.4, -0.2) is 43.6 Å². The van der Waals surface area contributed by atoms with Gasteiger partial charge in [0.2, 0.25) is 5.91 Å². The van der Waals surface area contributed by atoms with Crippen LogP contribution in [0.25, 0.3) is 0 Å². The number of hydrogen-bond donors (Lipinski definition) is 0. The van der Waals surface area contributed by atoms with Gasteiger partial charge in [-0.3, -0.25) is 4.79 Å². The largest absolute Gasteiger partial charge is 0.493 e. The number of esters is 1. The van der Waals surface area contributed by atoms with Crippen molar-refractivity contribution in [2.75, 3.05) is 26.8 Å². The molecule has 3 rings (SSSR count). The van der Waals surface area contributed by atoms with Crippen molar-refractivity contribution in [3.63, 3.8) is 0 Å². The Hall–Kier alpha value is -2.11. The number of hydrogen-bond acceptors (Lipinski definition) is 4. The van der Waals surface area contributed by atoms with Crippen LogP contribution < -0.4 is 4.74 Å². The first-order valence-corrected chi connectivity index (χ1v) is 11.1. The smallest absolute Gasteiger partial charge is 0.340 e. The average Bonchev–Trinajstić information content (AvgIpc) is 2.69. The molecule has 0 bridgehead atoms. The van der Waals surface area contributed by atoms with Crippen LogP contribution in [0.2, 0.25) is 0 Å². The third kappa shape index (κ3) is 5.52. The Labute approximate surface area is 178 Å². The molecule has 30 heavy (non-hydrogen) atoms. The summed E-state index contributed by atoms with van der Waals surface area (Å²) >= 11 is 0. The quantitative estimate of drug-likeness (QED) is 0.447. The Balaban J connectivity index is 1.33. The number of likely N-dealkylation sites (tertiary alicyclic amines) is 1. The Morgan fingerprint density at radius 2 is 1.93 bits per heavy atom. The molecule has 166 valence electrons. The highest BCUT2D eigenvalue weighted by Gasteiger charge is 2.45. The fourth-order valence-corrected chi connectivity index (χ4v) is 4.91. The monoisotopic (exact) mass is 419 g/mol. The van der Waals surface area contributed by atoms with E-state index in [1.807, 2.05) is 0 Å². The van der Waals surface area contributed by atoms with Crippen LogP contribution >= 0.6 is 0 Å². The maximum Gasteiger partial charge on any atom is 0.340 e. The minimum atomic E-state index is -0.687. The summed E-state index contributed by atoms with van der Waals surface area (Å²) in [5.74, 6) is 0.579. The summed E-state index contributed by atoms with van der Waals surface area (Å²) in [5.41, 5.74) is 0.369. The SMILES string of the molecule is COC(=O)c1ccc(OCCCC2CC3(CCN(C(=O)CC(C)C)CC3)C2)cc1F. The first kappa shape index (κ1) is 22.6. The van der Waals surface area contributed by atoms with Crippen molar-refractivity contribution in [2.24, 2.45) is 17.3 Å². The minimum Gasteiger partial charge on any atom is -0.493 e. The second-order valence-electron chi connectivity index (χ2n) is 9.38. The Morgan fingerprint density at radius 3 is 2.53 bits per heavy atom. The molecule has 1 aliphatic carbocycles. The first-order chi connectivity index (χ1) is 14.3. The zero-order valence-electron chi connectivity index (χ0n) is 18.4. The van der Waals surface area contributed by atoms with E-state index in [1.165, 1.54) is 32.1 Å². The molecule has 1 heterocycles. The molecule has 0 aromatic heterocycles. The van der Waals surface area contributed by atoms with Crippen molar-refractivity contribution < 1.29 is 23.5 Å². The highest BCUT2D eigenvalue weighted by molar-refractivity contribution is 5.89. The number of nitrogens with zero attached hydrogens (tertiary/aromatic N) is 1. The van der Waals surface area contributed by atoms with Crippen LogP contribution in [-0.2, 0) is 9.53 Å². The van der Waals surface area contributed by atoms with Gasteiger partial charge in [0, 0.05) is 25.6 Å². The van der Waals surface area contributed by atoms with E-state index < -0.39 is 11.8 Å². The summed E-state index contributed by atoms with van der Waals surface area (Å²) < 4.78 is 24.1. The zero-order valence-corrected chi connectivity index (χ0v) is 18.4. The summed E-state index contributed by atoms with van der Waals surface area (Å²) in [6.45, 7) is 6.55. The third-order valence-corrected chi connectivity index (χ3v) is 6.57. The molecule has 6 heteroatoms. The van der Waals surface area contributed by atoms with Crippen molar-refractivity contribution >= 4 is 11.9 Å². The molecule has 2 aliphatic rings. The summed E-state index contributed by atoms with van der Waals surface area (Å²) in [6, 6.07) is 4.23. The normalized spacial score (nSPS) is 18.4. The maximum absolute atomic E-state index is 13.9. The lowest BCUT2D eigenvalue weighted by Crippen LogP contribution is -2.48. The van der Waals surface area contributed by atoms with Gasteiger partial charge >= 0.3 is 5.97 Å². The molecule has 5 nitrogen and oxygen atoms in total. The van der Waals surface area contributed by atoms with Gasteiger partial charge in [-0.05, 0) is 67.9 Å². The van der Waals surface area contributed by atoms with Gasteiger partial charge in [0.1, 0.15) is 11.6 Å². The van der Waals surface area contributed by atoms with E-state index in [0.717, 1.165) is 44.7 Å². The number of benzene rings is 1. The molecular weight excluding hydrogens is 385 g/mol. The van der Waals surface area contributed by atoms with E-state index in [4.69, 9.17) is 4.74 Å². The van der Waals surface area contributed by atoms with Gasteiger partial charge in [-0.25, -0.2) is 9.18 Å². The number of ether oxygens (including phenoxy) is 2. The molecular formula is C24H34FNO4. The number of halogens is 1. The molecule has 1 aromatic rings. The lowest BCUT2D eigenvalue weighted by Gasteiger charge is -2.52. The zero-order chi connectivity index (χ0) is 21.7. The molecule has 1 spiro atoms. The second-order valence-corrected chi connectivity index (χ2v) is 9.38. The van der Waals surface area contributed by atoms with E-state index in [9.17, 15) is 14.0 Å². The third-order valence-electron chi connectivity index (χ3n) is 6.57. The van der Waals surface area contributed by atoms with Gasteiger partial charge in [-0.1, -0.05) is 13.8 Å². The van der Waals surface area contributed by atoms with E-state index in [2.05, 4.69) is 23.5 Å². The van der Waals surface area contributed by atoms with Crippen LogP contribution in [0.5, 0.6) is 5.75 Å². The van der Waals surface area contributed by atoms with Crippen LogP contribution in [0.4, 0.5) is 4.39 Å². The molecule has 1 aliphatic heterocycles. The van der Waals surface area contributed by atoms with E-state index >= 15 is 0 Å². The topological polar surface area (TPSA) is 55.8 Å². The fraction of sp³-hybridized carbons (Fsp3) is 0.667. The van der Waals surface area contributed by atoms with Crippen LogP contribution in [0.15, 0.2) is 18.2 Å². The van der Waals surface area contributed by atoms with E-state index in [-0.39, 0.29) is 5.56 Å². The highest BCUT2D eigenvalue weighted by Crippen LogP contribution is 2.54. The number of carbonyl (C=O) groups is 2. The number of methoxy groups -OCH3 is 1. The standard InChI is InChI=1S/C24H34FNO4/c1-17(2)13-22(27)26-10-8-24(9-11-26)15-18(16-24)5-4-12-30-19-6-7-20(21(25)14-19)23(28)29-3/h6-7,14,17-18H,4-5,8-13,15-16H2,1-3H3. The molecule has 0 unspecified atom stereocenters. The fourth-order valence-electron chi connectivity index (χ4n) is 4.91. The second kappa shape index (κ2) is 9.80. The molecule has 0 radical (unpaired) electrons. The molecule has 1 amide bonds. The lowest BCUT2D eigenvalue weighted by molar-refractivity contribution is -0.136. The van der Waals surface area contributed by atoms with Gasteiger partial charge in [0.25, 0.3) is 0 Å². The Morgan fingerprint density at radius 1 is 1.23 bits per heavy atom. The first-order valence-electron chi connectivity index (χ1n) is 11.1. The van der Waals surface area contributed by atoms with E-state index in [0.29, 0.717) is 36.0 Å². The van der Waals surface area contributed by atoms with Gasteiger partial charge < -0.3 is 14.4 Å². The summed E-state index contributed by atoms with van der Waals surface area (Å²) in [4.78, 5) is 25.7. The van der Waals surface area contributed by atoms with Crippen molar-refractivity contribution in [3.8, 4) is 5.75 Å². The van der Waals surface area contributed by atoms with Gasteiger partial charge in [-0.15, -0.1) is 0 Å².